The van der Waals surface area contributed by atoms with Crippen LogP contribution in [0.2, 0.25) is 0 Å². The van der Waals surface area contributed by atoms with E-state index in [1.165, 1.54) is 4.68 Å². The monoisotopic (exact) mass is 330 g/mol. The lowest BCUT2D eigenvalue weighted by molar-refractivity contribution is 0.354. The van der Waals surface area contributed by atoms with Gasteiger partial charge in [0.25, 0.3) is 0 Å². The summed E-state index contributed by atoms with van der Waals surface area (Å²) in [5.41, 5.74) is 1.93. The van der Waals surface area contributed by atoms with Crippen LogP contribution in [0, 0.1) is 0 Å². The maximum atomic E-state index is 12.5. The summed E-state index contributed by atoms with van der Waals surface area (Å²) >= 11 is 0. The van der Waals surface area contributed by atoms with Crippen molar-refractivity contribution in [2.24, 2.45) is 0 Å². The molecule has 128 valence electrons. The summed E-state index contributed by atoms with van der Waals surface area (Å²) in [6.07, 6.45) is 4.24. The highest BCUT2D eigenvalue weighted by atomic mass is 16.5. The van der Waals surface area contributed by atoms with Crippen LogP contribution in [0.5, 0.6) is 11.5 Å². The molecule has 7 heteroatoms. The van der Waals surface area contributed by atoms with Crippen molar-refractivity contribution >= 4 is 12.3 Å². The molecule has 0 fully saturated rings. The van der Waals surface area contributed by atoms with E-state index in [2.05, 4.69) is 5.10 Å². The third kappa shape index (κ3) is 2.94. The van der Waals surface area contributed by atoms with Gasteiger partial charge >= 0.3 is 5.69 Å². The van der Waals surface area contributed by atoms with Crippen LogP contribution in [-0.2, 0) is 13.0 Å². The van der Waals surface area contributed by atoms with Crippen molar-refractivity contribution in [3.8, 4) is 11.5 Å². The molecule has 0 N–H and O–H groups in total. The predicted molar refractivity (Wildman–Crippen MR) is 92.6 cm³/mol. The molecule has 1 aromatic carbocycles. The number of likely N-dealkylation sites (N-methyl/N-ethyl adjacent to an activating group) is 1. The number of benzene rings is 1. The molecule has 0 saturated heterocycles. The first-order valence-corrected chi connectivity index (χ1v) is 7.79. The van der Waals surface area contributed by atoms with E-state index in [0.717, 1.165) is 23.5 Å². The highest BCUT2D eigenvalue weighted by molar-refractivity contribution is 5.68. The van der Waals surface area contributed by atoms with Crippen LogP contribution < -0.4 is 15.2 Å². The Kier molecular flexibility index (Phi) is 4.44. The standard InChI is InChI=1S/C17H22N4O3/c1-19(2)7-8-21-17(22)20-6-5-12-9-14(23-3)15(24-4)10-13(12)11-16(20)18-21/h5-6,9-10H,7-8,11H2,1-4H3. The number of rotatable bonds is 5. The van der Waals surface area contributed by atoms with E-state index < -0.39 is 0 Å². The molecule has 0 unspecified atom stereocenters. The number of nitrogens with zero attached hydrogens (tertiary/aromatic N) is 4. The van der Waals surface area contributed by atoms with Crippen LogP contribution in [0.1, 0.15) is 17.0 Å². The molecule has 7 nitrogen and oxygen atoms in total. The number of fused-ring (bicyclic) bond motifs is 2. The van der Waals surface area contributed by atoms with Crippen molar-refractivity contribution in [1.82, 2.24) is 19.2 Å². The maximum Gasteiger partial charge on any atom is 0.350 e. The van der Waals surface area contributed by atoms with Gasteiger partial charge in [0.2, 0.25) is 0 Å². The molecule has 0 amide bonds. The van der Waals surface area contributed by atoms with Crippen LogP contribution in [0.25, 0.3) is 12.3 Å². The molecule has 1 aromatic heterocycles. The average molecular weight is 330 g/mol. The quantitative estimate of drug-likeness (QED) is 0.702. The Balaban J connectivity index is 1.99. The maximum absolute atomic E-state index is 12.5. The minimum absolute atomic E-state index is 0.116. The fourth-order valence-corrected chi connectivity index (χ4v) is 2.75. The lowest BCUT2D eigenvalue weighted by Gasteiger charge is -2.11. The molecule has 0 bridgehead atoms. The molecule has 0 atom stereocenters. The smallest absolute Gasteiger partial charge is 0.350 e. The van der Waals surface area contributed by atoms with Crippen molar-refractivity contribution in [3.63, 3.8) is 0 Å². The molecule has 0 spiro atoms. The summed E-state index contributed by atoms with van der Waals surface area (Å²) in [4.78, 5) is 14.5. The molecule has 0 aliphatic carbocycles. The number of hydrogen-bond donors (Lipinski definition) is 0. The second-order valence-corrected chi connectivity index (χ2v) is 5.99. The highest BCUT2D eigenvalue weighted by Crippen LogP contribution is 2.33. The van der Waals surface area contributed by atoms with Gasteiger partial charge in [0.1, 0.15) is 5.82 Å². The number of methoxy groups -OCH3 is 2. The molecule has 24 heavy (non-hydrogen) atoms. The first-order valence-electron chi connectivity index (χ1n) is 7.79. The van der Waals surface area contributed by atoms with Crippen LogP contribution in [0.3, 0.4) is 0 Å². The third-order valence-electron chi connectivity index (χ3n) is 4.10. The minimum atomic E-state index is -0.116. The summed E-state index contributed by atoms with van der Waals surface area (Å²) in [6, 6.07) is 3.86. The van der Waals surface area contributed by atoms with Gasteiger partial charge in [-0.3, -0.25) is 4.57 Å². The lowest BCUT2D eigenvalue weighted by atomic mass is 10.0. The Labute approximate surface area is 140 Å². The Morgan fingerprint density at radius 2 is 1.92 bits per heavy atom. The zero-order valence-electron chi connectivity index (χ0n) is 14.4. The molecule has 1 aliphatic rings. The zero-order valence-corrected chi connectivity index (χ0v) is 14.4. The van der Waals surface area contributed by atoms with Gasteiger partial charge in [-0.1, -0.05) is 0 Å². The summed E-state index contributed by atoms with van der Waals surface area (Å²) in [6.45, 7) is 1.33. The summed E-state index contributed by atoms with van der Waals surface area (Å²) in [7, 11) is 7.17. The molecule has 3 rings (SSSR count). The molecule has 1 aliphatic heterocycles. The molecule has 0 radical (unpaired) electrons. The number of ether oxygens (including phenoxy) is 2. The lowest BCUT2D eigenvalue weighted by Crippen LogP contribution is -2.27. The minimum Gasteiger partial charge on any atom is -0.493 e. The van der Waals surface area contributed by atoms with E-state index in [9.17, 15) is 4.79 Å². The third-order valence-corrected chi connectivity index (χ3v) is 4.10. The fraction of sp³-hybridized carbons (Fsp3) is 0.412. The molecule has 2 heterocycles. The van der Waals surface area contributed by atoms with E-state index in [4.69, 9.17) is 9.47 Å². The Morgan fingerprint density at radius 1 is 1.21 bits per heavy atom. The fourth-order valence-electron chi connectivity index (χ4n) is 2.75. The highest BCUT2D eigenvalue weighted by Gasteiger charge is 2.18. The number of hydrogen-bond acceptors (Lipinski definition) is 5. The van der Waals surface area contributed by atoms with Gasteiger partial charge in [0.05, 0.1) is 20.8 Å². The second-order valence-electron chi connectivity index (χ2n) is 5.99. The second kappa shape index (κ2) is 6.52. The van der Waals surface area contributed by atoms with Crippen LogP contribution in [0.4, 0.5) is 0 Å². The van der Waals surface area contributed by atoms with Gasteiger partial charge in [-0.05, 0) is 43.4 Å². The average Bonchev–Trinajstić information content (AvgIpc) is 2.75. The summed E-state index contributed by atoms with van der Waals surface area (Å²) < 4.78 is 13.8. The van der Waals surface area contributed by atoms with E-state index in [0.29, 0.717) is 24.5 Å². The topological polar surface area (TPSA) is 61.5 Å². The zero-order chi connectivity index (χ0) is 17.3. The molecular weight excluding hydrogens is 308 g/mol. The van der Waals surface area contributed by atoms with Gasteiger partial charge in [-0.25, -0.2) is 9.48 Å². The van der Waals surface area contributed by atoms with Gasteiger partial charge < -0.3 is 14.4 Å². The summed E-state index contributed by atoms with van der Waals surface area (Å²) in [5.74, 6) is 2.07. The van der Waals surface area contributed by atoms with E-state index in [1.54, 1.807) is 25.0 Å². The van der Waals surface area contributed by atoms with Crippen molar-refractivity contribution in [2.75, 3.05) is 34.9 Å². The van der Waals surface area contributed by atoms with Gasteiger partial charge in [-0.15, -0.1) is 0 Å². The molecule has 2 aromatic rings. The number of aromatic nitrogens is 3. The van der Waals surface area contributed by atoms with Crippen molar-refractivity contribution in [3.05, 3.63) is 39.6 Å². The van der Waals surface area contributed by atoms with Crippen LogP contribution in [0.15, 0.2) is 16.9 Å². The predicted octanol–water partition coefficient (Wildman–Crippen LogP) is 1.16. The van der Waals surface area contributed by atoms with Gasteiger partial charge in [0, 0.05) is 19.2 Å². The first kappa shape index (κ1) is 16.3. The van der Waals surface area contributed by atoms with Crippen LogP contribution >= 0.6 is 0 Å². The van der Waals surface area contributed by atoms with Crippen LogP contribution in [-0.4, -0.2) is 54.1 Å². The van der Waals surface area contributed by atoms with E-state index in [-0.39, 0.29) is 5.69 Å². The van der Waals surface area contributed by atoms with E-state index in [1.807, 2.05) is 37.2 Å². The first-order chi connectivity index (χ1) is 11.5. The normalized spacial score (nSPS) is 12.7. The van der Waals surface area contributed by atoms with Crippen molar-refractivity contribution in [1.29, 1.82) is 0 Å². The summed E-state index contributed by atoms with van der Waals surface area (Å²) in [5, 5.41) is 4.50. The SMILES string of the molecule is COc1cc2c(cc1OC)Cc1nn(CCN(C)C)c(=O)n1C=C2. The van der Waals surface area contributed by atoms with E-state index >= 15 is 0 Å². The Bertz CT molecular complexity index is 833. The van der Waals surface area contributed by atoms with Crippen molar-refractivity contribution < 1.29 is 9.47 Å². The molecular formula is C17H22N4O3. The van der Waals surface area contributed by atoms with Gasteiger partial charge in [-0.2, -0.15) is 5.10 Å². The van der Waals surface area contributed by atoms with Gasteiger partial charge in [0.15, 0.2) is 11.5 Å². The Morgan fingerprint density at radius 3 is 2.58 bits per heavy atom. The largest absolute Gasteiger partial charge is 0.493 e. The molecule has 0 saturated carbocycles. The van der Waals surface area contributed by atoms with Crippen molar-refractivity contribution in [2.45, 2.75) is 13.0 Å². The Hall–Kier alpha value is -2.54.